The Morgan fingerprint density at radius 3 is 2.29 bits per heavy atom. The van der Waals surface area contributed by atoms with Gasteiger partial charge in [-0.25, -0.2) is 0 Å². The highest BCUT2D eigenvalue weighted by Crippen LogP contribution is 2.40. The standard InChI is InChI=1S/C18H29NO2/c1-4-12-19-15(13-14-8-5-6-9-14)18-16(20-2)10-7-11-17(18)21-3/h7,10-11,14-15,19H,4-6,8-9,12-13H2,1-3H3. The van der Waals surface area contributed by atoms with Crippen molar-refractivity contribution in [1.82, 2.24) is 5.32 Å². The highest BCUT2D eigenvalue weighted by Gasteiger charge is 2.25. The predicted molar refractivity (Wildman–Crippen MR) is 87.2 cm³/mol. The number of ether oxygens (including phenoxy) is 2. The lowest BCUT2D eigenvalue weighted by atomic mass is 9.92. The van der Waals surface area contributed by atoms with Crippen LogP contribution >= 0.6 is 0 Å². The predicted octanol–water partition coefficient (Wildman–Crippen LogP) is 4.32. The Labute approximate surface area is 129 Å². The van der Waals surface area contributed by atoms with Crippen molar-refractivity contribution in [2.45, 2.75) is 51.5 Å². The van der Waals surface area contributed by atoms with Crippen molar-refractivity contribution >= 4 is 0 Å². The quantitative estimate of drug-likeness (QED) is 0.773. The topological polar surface area (TPSA) is 30.5 Å². The van der Waals surface area contributed by atoms with E-state index in [0.717, 1.165) is 30.4 Å². The van der Waals surface area contributed by atoms with Gasteiger partial charge in [-0.05, 0) is 37.4 Å². The van der Waals surface area contributed by atoms with Gasteiger partial charge in [0.1, 0.15) is 11.5 Å². The van der Waals surface area contributed by atoms with Gasteiger partial charge in [-0.15, -0.1) is 0 Å². The number of rotatable bonds is 8. The van der Waals surface area contributed by atoms with Crippen molar-refractivity contribution in [1.29, 1.82) is 0 Å². The molecule has 0 amide bonds. The first kappa shape index (κ1) is 16.2. The van der Waals surface area contributed by atoms with Crippen molar-refractivity contribution < 1.29 is 9.47 Å². The van der Waals surface area contributed by atoms with E-state index in [1.54, 1.807) is 14.2 Å². The van der Waals surface area contributed by atoms with E-state index in [1.807, 2.05) is 18.2 Å². The third kappa shape index (κ3) is 4.13. The normalized spacial score (nSPS) is 16.9. The summed E-state index contributed by atoms with van der Waals surface area (Å²) in [4.78, 5) is 0. The van der Waals surface area contributed by atoms with Crippen molar-refractivity contribution in [3.63, 3.8) is 0 Å². The lowest BCUT2D eigenvalue weighted by molar-refractivity contribution is 0.344. The van der Waals surface area contributed by atoms with E-state index in [0.29, 0.717) is 6.04 Å². The number of nitrogens with one attached hydrogen (secondary N) is 1. The molecule has 1 unspecified atom stereocenters. The minimum Gasteiger partial charge on any atom is -0.496 e. The second-order valence-electron chi connectivity index (χ2n) is 5.97. The first-order valence-corrected chi connectivity index (χ1v) is 8.24. The summed E-state index contributed by atoms with van der Waals surface area (Å²) in [5.74, 6) is 2.69. The fourth-order valence-electron chi connectivity index (χ4n) is 3.42. The zero-order valence-corrected chi connectivity index (χ0v) is 13.7. The van der Waals surface area contributed by atoms with Crippen LogP contribution in [0.25, 0.3) is 0 Å². The molecule has 0 saturated heterocycles. The summed E-state index contributed by atoms with van der Waals surface area (Å²) in [6, 6.07) is 6.38. The van der Waals surface area contributed by atoms with Gasteiger partial charge in [0, 0.05) is 6.04 Å². The second kappa shape index (κ2) is 8.28. The smallest absolute Gasteiger partial charge is 0.127 e. The summed E-state index contributed by atoms with van der Waals surface area (Å²) < 4.78 is 11.2. The Kier molecular flexibility index (Phi) is 6.37. The molecule has 118 valence electrons. The molecule has 0 aliphatic heterocycles. The molecule has 21 heavy (non-hydrogen) atoms. The maximum absolute atomic E-state index is 5.59. The summed E-state index contributed by atoms with van der Waals surface area (Å²) >= 11 is 0. The van der Waals surface area contributed by atoms with Crippen molar-refractivity contribution in [2.24, 2.45) is 5.92 Å². The molecule has 1 fully saturated rings. The number of benzene rings is 1. The van der Waals surface area contributed by atoms with Crippen molar-refractivity contribution in [3.8, 4) is 11.5 Å². The molecule has 0 bridgehead atoms. The molecule has 0 spiro atoms. The number of hydrogen-bond acceptors (Lipinski definition) is 3. The van der Waals surface area contributed by atoms with Gasteiger partial charge in [0.05, 0.1) is 19.8 Å². The summed E-state index contributed by atoms with van der Waals surface area (Å²) in [6.45, 7) is 3.23. The van der Waals surface area contributed by atoms with Gasteiger partial charge >= 0.3 is 0 Å². The van der Waals surface area contributed by atoms with Crippen LogP contribution in [-0.4, -0.2) is 20.8 Å². The molecule has 3 heteroatoms. The van der Waals surface area contributed by atoms with Gasteiger partial charge in [-0.3, -0.25) is 0 Å². The molecule has 1 saturated carbocycles. The van der Waals surface area contributed by atoms with Crippen LogP contribution in [0.15, 0.2) is 18.2 Å². The molecule has 1 aliphatic rings. The van der Waals surface area contributed by atoms with Crippen LogP contribution in [0.2, 0.25) is 0 Å². The molecule has 1 atom stereocenters. The zero-order chi connectivity index (χ0) is 15.1. The monoisotopic (exact) mass is 291 g/mol. The number of hydrogen-bond donors (Lipinski definition) is 1. The molecule has 1 N–H and O–H groups in total. The molecule has 2 rings (SSSR count). The summed E-state index contributed by atoms with van der Waals surface area (Å²) in [5, 5.41) is 3.70. The van der Waals surface area contributed by atoms with Crippen LogP contribution < -0.4 is 14.8 Å². The molecular formula is C18H29NO2. The lowest BCUT2D eigenvalue weighted by Gasteiger charge is -2.25. The highest BCUT2D eigenvalue weighted by molar-refractivity contribution is 5.47. The van der Waals surface area contributed by atoms with Gasteiger partial charge in [-0.1, -0.05) is 38.7 Å². The first-order chi connectivity index (χ1) is 10.3. The van der Waals surface area contributed by atoms with E-state index in [1.165, 1.54) is 37.7 Å². The van der Waals surface area contributed by atoms with Crippen LogP contribution in [0.5, 0.6) is 11.5 Å². The molecular weight excluding hydrogens is 262 g/mol. The fourth-order valence-corrected chi connectivity index (χ4v) is 3.42. The van der Waals surface area contributed by atoms with E-state index < -0.39 is 0 Å². The molecule has 1 aromatic carbocycles. The Balaban J connectivity index is 2.25. The van der Waals surface area contributed by atoms with Crippen molar-refractivity contribution in [3.05, 3.63) is 23.8 Å². The molecule has 1 aromatic rings. The average Bonchev–Trinajstić information content (AvgIpc) is 3.03. The van der Waals surface area contributed by atoms with Gasteiger partial charge in [0.2, 0.25) is 0 Å². The van der Waals surface area contributed by atoms with Gasteiger partial charge in [0.15, 0.2) is 0 Å². The van der Waals surface area contributed by atoms with E-state index >= 15 is 0 Å². The van der Waals surface area contributed by atoms with Crippen LogP contribution in [0.3, 0.4) is 0 Å². The first-order valence-electron chi connectivity index (χ1n) is 8.24. The van der Waals surface area contributed by atoms with Gasteiger partial charge in [-0.2, -0.15) is 0 Å². The number of methoxy groups -OCH3 is 2. The lowest BCUT2D eigenvalue weighted by Crippen LogP contribution is -2.25. The Morgan fingerprint density at radius 2 is 1.76 bits per heavy atom. The second-order valence-corrected chi connectivity index (χ2v) is 5.97. The van der Waals surface area contributed by atoms with E-state index in [-0.39, 0.29) is 0 Å². The highest BCUT2D eigenvalue weighted by atomic mass is 16.5. The minimum absolute atomic E-state index is 0.319. The van der Waals surface area contributed by atoms with Crippen LogP contribution in [0, 0.1) is 5.92 Å². The van der Waals surface area contributed by atoms with Gasteiger partial charge in [0.25, 0.3) is 0 Å². The third-order valence-electron chi connectivity index (χ3n) is 4.50. The van der Waals surface area contributed by atoms with E-state index in [2.05, 4.69) is 12.2 Å². The van der Waals surface area contributed by atoms with Crippen molar-refractivity contribution in [2.75, 3.05) is 20.8 Å². The van der Waals surface area contributed by atoms with Gasteiger partial charge < -0.3 is 14.8 Å². The molecule has 0 heterocycles. The maximum Gasteiger partial charge on any atom is 0.127 e. The van der Waals surface area contributed by atoms with Crippen LogP contribution in [0.1, 0.15) is 57.1 Å². The Bertz CT molecular complexity index is 405. The molecule has 0 radical (unpaired) electrons. The summed E-state index contributed by atoms with van der Waals surface area (Å²) in [7, 11) is 3.48. The molecule has 0 aromatic heterocycles. The maximum atomic E-state index is 5.59. The summed E-state index contributed by atoms with van der Waals surface area (Å²) in [6.07, 6.45) is 7.81. The van der Waals surface area contributed by atoms with Crippen LogP contribution in [-0.2, 0) is 0 Å². The van der Waals surface area contributed by atoms with E-state index in [4.69, 9.17) is 9.47 Å². The molecule has 3 nitrogen and oxygen atoms in total. The zero-order valence-electron chi connectivity index (χ0n) is 13.7. The SMILES string of the molecule is CCCNC(CC1CCCC1)c1c(OC)cccc1OC. The van der Waals surface area contributed by atoms with Crippen LogP contribution in [0.4, 0.5) is 0 Å². The Morgan fingerprint density at radius 1 is 1.14 bits per heavy atom. The fraction of sp³-hybridized carbons (Fsp3) is 0.667. The summed E-state index contributed by atoms with van der Waals surface area (Å²) in [5.41, 5.74) is 1.18. The van der Waals surface area contributed by atoms with E-state index in [9.17, 15) is 0 Å². The Hall–Kier alpha value is -1.22. The average molecular weight is 291 g/mol. The minimum atomic E-state index is 0.319. The third-order valence-corrected chi connectivity index (χ3v) is 4.50. The largest absolute Gasteiger partial charge is 0.496 e. The molecule has 1 aliphatic carbocycles.